The number of nitrogens with two attached hydrogens (primary N) is 1. The highest BCUT2D eigenvalue weighted by Crippen LogP contribution is 2.21. The molecule has 0 aliphatic carbocycles. The lowest BCUT2D eigenvalue weighted by Gasteiger charge is -1.95. The molecule has 1 heterocycles. The van der Waals surface area contributed by atoms with Gasteiger partial charge in [-0.1, -0.05) is 0 Å². The van der Waals surface area contributed by atoms with Gasteiger partial charge in [0.1, 0.15) is 0 Å². The smallest absolute Gasteiger partial charge is 0.245 e. The van der Waals surface area contributed by atoms with E-state index >= 15 is 0 Å². The van der Waals surface area contributed by atoms with Gasteiger partial charge in [-0.3, -0.25) is 0 Å². The molecule has 0 amide bonds. The molecule has 0 spiro atoms. The maximum Gasteiger partial charge on any atom is 0.245 e. The molecule has 2 N–H and O–H groups in total. The maximum absolute atomic E-state index is 10.7. The van der Waals surface area contributed by atoms with Crippen molar-refractivity contribution in [1.29, 1.82) is 0 Å². The minimum atomic E-state index is -3.68. The molecule has 1 rings (SSSR count). The van der Waals surface area contributed by atoms with Crippen LogP contribution in [0.4, 0.5) is 0 Å². The van der Waals surface area contributed by atoms with E-state index in [2.05, 4.69) is 9.11 Å². The van der Waals surface area contributed by atoms with Crippen LogP contribution < -0.4 is 9.88 Å². The highest BCUT2D eigenvalue weighted by atomic mass is 32.2. The van der Waals surface area contributed by atoms with E-state index < -0.39 is 10.0 Å². The summed E-state index contributed by atoms with van der Waals surface area (Å²) >= 11 is 0.983. The molecule has 7 heteroatoms. The molecule has 0 saturated heterocycles. The number of ether oxygens (including phenoxy) is 1. The van der Waals surface area contributed by atoms with Gasteiger partial charge in [0.15, 0.2) is 4.90 Å². The summed E-state index contributed by atoms with van der Waals surface area (Å²) in [5.41, 5.74) is 0. The van der Waals surface area contributed by atoms with Gasteiger partial charge in [-0.15, -0.1) is 0 Å². The number of rotatable bonds is 2. The Labute approximate surface area is 68.0 Å². The third kappa shape index (κ3) is 1.67. The summed E-state index contributed by atoms with van der Waals surface area (Å²) in [6.45, 7) is 0. The minimum Gasteiger partial charge on any atom is -0.479 e. The Balaban J connectivity index is 3.24. The molecule has 0 bridgehead atoms. The number of aromatic nitrogens is 1. The SMILES string of the molecule is COc1nscc1S(N)(=O)=O. The monoisotopic (exact) mass is 194 g/mol. The van der Waals surface area contributed by atoms with E-state index in [4.69, 9.17) is 5.14 Å². The maximum atomic E-state index is 10.7. The number of hydrogen-bond acceptors (Lipinski definition) is 5. The van der Waals surface area contributed by atoms with Crippen LogP contribution in [0.25, 0.3) is 0 Å². The van der Waals surface area contributed by atoms with Crippen LogP contribution in [0.15, 0.2) is 10.3 Å². The Morgan fingerprint density at radius 2 is 2.36 bits per heavy atom. The Morgan fingerprint density at radius 3 is 2.73 bits per heavy atom. The van der Waals surface area contributed by atoms with Crippen LogP contribution in [0.5, 0.6) is 5.88 Å². The zero-order chi connectivity index (χ0) is 8.48. The Hall–Kier alpha value is -0.660. The highest BCUT2D eigenvalue weighted by Gasteiger charge is 2.16. The first kappa shape index (κ1) is 8.44. The van der Waals surface area contributed by atoms with E-state index in [-0.39, 0.29) is 10.8 Å². The van der Waals surface area contributed by atoms with Crippen LogP contribution in [0.3, 0.4) is 0 Å². The Kier molecular flexibility index (Phi) is 2.12. The summed E-state index contributed by atoms with van der Waals surface area (Å²) < 4.78 is 29.8. The van der Waals surface area contributed by atoms with Gasteiger partial charge in [0, 0.05) is 5.38 Å². The van der Waals surface area contributed by atoms with E-state index in [1.165, 1.54) is 12.5 Å². The van der Waals surface area contributed by atoms with Crippen LogP contribution >= 0.6 is 11.5 Å². The van der Waals surface area contributed by atoms with Crippen molar-refractivity contribution in [3.05, 3.63) is 5.38 Å². The third-order valence-corrected chi connectivity index (χ3v) is 2.67. The molecule has 0 fully saturated rings. The molecule has 0 radical (unpaired) electrons. The molecule has 0 aliphatic rings. The molecular weight excluding hydrogens is 188 g/mol. The van der Waals surface area contributed by atoms with Crippen molar-refractivity contribution in [3.63, 3.8) is 0 Å². The number of methoxy groups -OCH3 is 1. The zero-order valence-electron chi connectivity index (χ0n) is 5.64. The quantitative estimate of drug-likeness (QED) is 0.706. The van der Waals surface area contributed by atoms with Gasteiger partial charge in [-0.25, -0.2) is 13.6 Å². The largest absolute Gasteiger partial charge is 0.479 e. The van der Waals surface area contributed by atoms with E-state index in [9.17, 15) is 8.42 Å². The van der Waals surface area contributed by atoms with Crippen LogP contribution in [-0.4, -0.2) is 19.9 Å². The van der Waals surface area contributed by atoms with Gasteiger partial charge in [0.05, 0.1) is 7.11 Å². The lowest BCUT2D eigenvalue weighted by molar-refractivity contribution is 0.391. The molecule has 11 heavy (non-hydrogen) atoms. The van der Waals surface area contributed by atoms with Crippen molar-refractivity contribution in [2.75, 3.05) is 7.11 Å². The molecule has 0 aliphatic heterocycles. The van der Waals surface area contributed by atoms with Gasteiger partial charge < -0.3 is 4.74 Å². The second-order valence-corrected chi connectivity index (χ2v) is 3.89. The fourth-order valence-corrected chi connectivity index (χ4v) is 2.16. The summed E-state index contributed by atoms with van der Waals surface area (Å²) in [5.74, 6) is 0.0532. The van der Waals surface area contributed by atoms with Crippen molar-refractivity contribution in [1.82, 2.24) is 4.37 Å². The normalized spacial score (nSPS) is 11.5. The first-order valence-electron chi connectivity index (χ1n) is 2.57. The molecule has 1 aromatic rings. The van der Waals surface area contributed by atoms with E-state index in [0.717, 1.165) is 11.5 Å². The summed E-state index contributed by atoms with van der Waals surface area (Å²) in [5, 5.41) is 6.16. The highest BCUT2D eigenvalue weighted by molar-refractivity contribution is 7.89. The average Bonchev–Trinajstić information content (AvgIpc) is 2.31. The van der Waals surface area contributed by atoms with Crippen molar-refractivity contribution < 1.29 is 13.2 Å². The van der Waals surface area contributed by atoms with Crippen LogP contribution in [-0.2, 0) is 10.0 Å². The molecular formula is C4H6N2O3S2. The van der Waals surface area contributed by atoms with Gasteiger partial charge in [0.25, 0.3) is 0 Å². The van der Waals surface area contributed by atoms with Crippen molar-refractivity contribution in [2.24, 2.45) is 5.14 Å². The second-order valence-electron chi connectivity index (χ2n) is 1.73. The van der Waals surface area contributed by atoms with E-state index in [0.29, 0.717) is 0 Å². The first-order valence-corrected chi connectivity index (χ1v) is 4.95. The molecule has 0 aromatic carbocycles. The predicted molar refractivity (Wildman–Crippen MR) is 40.0 cm³/mol. The Bertz CT molecular complexity index is 342. The van der Waals surface area contributed by atoms with Gasteiger partial charge in [-0.2, -0.15) is 4.37 Å². The second kappa shape index (κ2) is 2.76. The number of primary sulfonamides is 1. The lowest BCUT2D eigenvalue weighted by Crippen LogP contribution is -2.12. The van der Waals surface area contributed by atoms with E-state index in [1.54, 1.807) is 0 Å². The van der Waals surface area contributed by atoms with Crippen molar-refractivity contribution in [3.8, 4) is 5.88 Å². The topological polar surface area (TPSA) is 82.3 Å². The molecule has 5 nitrogen and oxygen atoms in total. The van der Waals surface area contributed by atoms with Gasteiger partial charge >= 0.3 is 0 Å². The molecule has 0 atom stereocenters. The summed E-state index contributed by atoms with van der Waals surface area (Å²) in [7, 11) is -2.34. The van der Waals surface area contributed by atoms with Crippen molar-refractivity contribution in [2.45, 2.75) is 4.90 Å². The number of hydrogen-bond donors (Lipinski definition) is 1. The summed E-state index contributed by atoms with van der Waals surface area (Å²) in [6, 6.07) is 0. The van der Waals surface area contributed by atoms with Crippen LogP contribution in [0.1, 0.15) is 0 Å². The summed E-state index contributed by atoms with van der Waals surface area (Å²) in [6.07, 6.45) is 0. The predicted octanol–water partition coefficient (Wildman–Crippen LogP) is -0.201. The number of sulfonamides is 1. The fraction of sp³-hybridized carbons (Fsp3) is 0.250. The molecule has 1 aromatic heterocycles. The fourth-order valence-electron chi connectivity index (χ4n) is 0.544. The lowest BCUT2D eigenvalue weighted by atomic mass is 10.7. The summed E-state index contributed by atoms with van der Waals surface area (Å²) in [4.78, 5) is -0.0648. The average molecular weight is 194 g/mol. The first-order chi connectivity index (χ1) is 5.05. The molecule has 62 valence electrons. The minimum absolute atomic E-state index is 0.0532. The van der Waals surface area contributed by atoms with Crippen molar-refractivity contribution >= 4 is 21.6 Å². The standard InChI is InChI=1S/C4H6N2O3S2/c1-9-4-3(2-10-6-4)11(5,7)8/h2H,1H3,(H2,5,7,8). The molecule has 0 unspecified atom stereocenters. The number of nitrogens with zero attached hydrogens (tertiary/aromatic N) is 1. The van der Waals surface area contributed by atoms with Crippen LogP contribution in [0, 0.1) is 0 Å². The molecule has 0 saturated carbocycles. The zero-order valence-corrected chi connectivity index (χ0v) is 7.28. The van der Waals surface area contributed by atoms with Gasteiger partial charge in [0.2, 0.25) is 15.9 Å². The third-order valence-electron chi connectivity index (χ3n) is 1.01. The van der Waals surface area contributed by atoms with E-state index in [1.807, 2.05) is 0 Å². The van der Waals surface area contributed by atoms with Crippen LogP contribution in [0.2, 0.25) is 0 Å². The Morgan fingerprint density at radius 1 is 1.73 bits per heavy atom. The van der Waals surface area contributed by atoms with Gasteiger partial charge in [-0.05, 0) is 11.5 Å².